The van der Waals surface area contributed by atoms with E-state index in [1.54, 1.807) is 10.9 Å². The lowest BCUT2D eigenvalue weighted by molar-refractivity contribution is 0.293. The molecule has 0 atom stereocenters. The van der Waals surface area contributed by atoms with Crippen LogP contribution < -0.4 is 10.6 Å². The zero-order chi connectivity index (χ0) is 18.8. The number of H-pyrrole nitrogens is 1. The zero-order valence-electron chi connectivity index (χ0n) is 15.2. The van der Waals surface area contributed by atoms with Crippen LogP contribution in [0.15, 0.2) is 18.3 Å². The highest BCUT2D eigenvalue weighted by atomic mass is 35.5. The molecule has 3 heterocycles. The fraction of sp³-hybridized carbons (Fsp3) is 0.474. The Labute approximate surface area is 167 Å². The van der Waals surface area contributed by atoms with Crippen molar-refractivity contribution < 1.29 is 0 Å². The van der Waals surface area contributed by atoms with Crippen molar-refractivity contribution in [3.63, 3.8) is 0 Å². The summed E-state index contributed by atoms with van der Waals surface area (Å²) in [7, 11) is 1.83. The highest BCUT2D eigenvalue weighted by Crippen LogP contribution is 2.47. The van der Waals surface area contributed by atoms with Crippen LogP contribution in [0.1, 0.15) is 25.7 Å². The van der Waals surface area contributed by atoms with Crippen molar-refractivity contribution in [2.45, 2.75) is 31.2 Å². The molecule has 3 N–H and O–H groups in total. The molecule has 3 aromatic rings. The Balaban J connectivity index is 1.62. The van der Waals surface area contributed by atoms with E-state index >= 15 is 0 Å². The molecule has 1 saturated heterocycles. The molecule has 0 radical (unpaired) electrons. The molecule has 27 heavy (non-hydrogen) atoms. The summed E-state index contributed by atoms with van der Waals surface area (Å²) in [6.45, 7) is 1.82. The van der Waals surface area contributed by atoms with Gasteiger partial charge in [0.05, 0.1) is 21.6 Å². The first-order chi connectivity index (χ1) is 13.0. The maximum atomic E-state index is 6.85. The van der Waals surface area contributed by atoms with Crippen LogP contribution in [0.25, 0.3) is 22.2 Å². The van der Waals surface area contributed by atoms with Gasteiger partial charge in [-0.05, 0) is 43.7 Å². The van der Waals surface area contributed by atoms with Gasteiger partial charge < -0.3 is 10.6 Å². The predicted octanol–water partition coefficient (Wildman–Crippen LogP) is 3.98. The summed E-state index contributed by atoms with van der Waals surface area (Å²) < 4.78 is 1.66. The van der Waals surface area contributed by atoms with Gasteiger partial charge in [-0.25, -0.2) is 0 Å². The third-order valence-electron chi connectivity index (χ3n) is 6.16. The van der Waals surface area contributed by atoms with Crippen LogP contribution in [-0.2, 0) is 7.05 Å². The topological polar surface area (TPSA) is 75.8 Å². The number of nitrogens with two attached hydrogens (primary N) is 1. The second-order valence-corrected chi connectivity index (χ2v) is 8.58. The van der Waals surface area contributed by atoms with E-state index in [1.165, 1.54) is 12.8 Å². The van der Waals surface area contributed by atoms with E-state index in [-0.39, 0.29) is 5.54 Å². The molecule has 8 heteroatoms. The molecule has 2 fully saturated rings. The SMILES string of the molecule is Cn1nc2cc(N3CCC(N)(C4CC4)CC3)c(-c3cc[nH]n3)c(Cl)c2c1Cl. The number of hydrogen-bond acceptors (Lipinski definition) is 4. The van der Waals surface area contributed by atoms with Crippen molar-refractivity contribution in [3.05, 3.63) is 28.5 Å². The average molecular weight is 405 g/mol. The van der Waals surface area contributed by atoms with Crippen LogP contribution in [0.3, 0.4) is 0 Å². The minimum atomic E-state index is -0.00873. The summed E-state index contributed by atoms with van der Waals surface area (Å²) in [5.41, 5.74) is 10.2. The van der Waals surface area contributed by atoms with Gasteiger partial charge in [0, 0.05) is 43.1 Å². The number of fused-ring (bicyclic) bond motifs is 1. The molecule has 142 valence electrons. The van der Waals surface area contributed by atoms with E-state index in [0.717, 1.165) is 53.8 Å². The lowest BCUT2D eigenvalue weighted by Crippen LogP contribution is -2.52. The molecule has 6 nitrogen and oxygen atoms in total. The summed E-state index contributed by atoms with van der Waals surface area (Å²) in [5.74, 6) is 0.700. The first kappa shape index (κ1) is 17.3. The summed E-state index contributed by atoms with van der Waals surface area (Å²) >= 11 is 13.3. The fourth-order valence-corrected chi connectivity index (χ4v) is 5.05. The van der Waals surface area contributed by atoms with Crippen molar-refractivity contribution in [2.24, 2.45) is 18.7 Å². The third kappa shape index (κ3) is 2.73. The molecule has 2 aliphatic rings. The largest absolute Gasteiger partial charge is 0.371 e. The van der Waals surface area contributed by atoms with Gasteiger partial charge in [0.1, 0.15) is 5.15 Å². The first-order valence-corrected chi connectivity index (χ1v) is 10.1. The van der Waals surface area contributed by atoms with Gasteiger partial charge in [0.2, 0.25) is 0 Å². The minimum absolute atomic E-state index is 0.00873. The summed E-state index contributed by atoms with van der Waals surface area (Å²) in [6.07, 6.45) is 6.35. The molecule has 1 aromatic carbocycles. The van der Waals surface area contributed by atoms with E-state index in [9.17, 15) is 0 Å². The van der Waals surface area contributed by atoms with Crippen LogP contribution in [0.2, 0.25) is 10.2 Å². The van der Waals surface area contributed by atoms with Gasteiger partial charge in [0.15, 0.2) is 0 Å². The summed E-state index contributed by atoms with van der Waals surface area (Å²) in [6, 6.07) is 4.01. The number of piperidine rings is 1. The fourth-order valence-electron chi connectivity index (χ4n) is 4.39. The Morgan fingerprint density at radius 2 is 2.00 bits per heavy atom. The third-order valence-corrected chi connectivity index (χ3v) is 6.97. The van der Waals surface area contributed by atoms with E-state index < -0.39 is 0 Å². The smallest absolute Gasteiger partial charge is 0.136 e. The molecule has 1 aliphatic carbocycles. The molecule has 0 unspecified atom stereocenters. The van der Waals surface area contributed by atoms with E-state index in [1.807, 2.05) is 13.1 Å². The Hall–Kier alpha value is -1.76. The van der Waals surface area contributed by atoms with Gasteiger partial charge in [-0.1, -0.05) is 23.2 Å². The van der Waals surface area contributed by atoms with Crippen molar-refractivity contribution in [2.75, 3.05) is 18.0 Å². The van der Waals surface area contributed by atoms with Gasteiger partial charge >= 0.3 is 0 Å². The Morgan fingerprint density at radius 3 is 2.63 bits per heavy atom. The number of nitrogens with zero attached hydrogens (tertiary/aromatic N) is 4. The van der Waals surface area contributed by atoms with Crippen LogP contribution in [-0.4, -0.2) is 38.6 Å². The van der Waals surface area contributed by atoms with Crippen LogP contribution in [0.5, 0.6) is 0 Å². The Kier molecular flexibility index (Phi) is 3.93. The number of benzene rings is 1. The molecular formula is C19H22Cl2N6. The normalized spacial score (nSPS) is 19.8. The van der Waals surface area contributed by atoms with E-state index in [4.69, 9.17) is 28.9 Å². The zero-order valence-corrected chi connectivity index (χ0v) is 16.7. The van der Waals surface area contributed by atoms with Gasteiger partial charge in [-0.3, -0.25) is 9.78 Å². The molecule has 1 aliphatic heterocycles. The highest BCUT2D eigenvalue weighted by Gasteiger charge is 2.44. The number of hydrogen-bond donors (Lipinski definition) is 2. The molecule has 0 amide bonds. The van der Waals surface area contributed by atoms with E-state index in [2.05, 4.69) is 26.3 Å². The number of aromatic amines is 1. The maximum absolute atomic E-state index is 6.85. The average Bonchev–Trinajstić information content (AvgIpc) is 3.31. The Bertz CT molecular complexity index is 997. The lowest BCUT2D eigenvalue weighted by Gasteiger charge is -2.41. The number of aryl methyl sites for hydroxylation is 1. The molecular weight excluding hydrogens is 383 g/mol. The molecule has 1 saturated carbocycles. The van der Waals surface area contributed by atoms with Crippen LogP contribution in [0, 0.1) is 5.92 Å². The quantitative estimate of drug-likeness (QED) is 0.691. The molecule has 5 rings (SSSR count). The molecule has 2 aromatic heterocycles. The Morgan fingerprint density at radius 1 is 1.26 bits per heavy atom. The second kappa shape index (κ2) is 6.12. The first-order valence-electron chi connectivity index (χ1n) is 9.36. The van der Waals surface area contributed by atoms with Crippen molar-refractivity contribution in [1.29, 1.82) is 0 Å². The molecule has 0 spiro atoms. The lowest BCUT2D eigenvalue weighted by atomic mass is 9.83. The second-order valence-electron chi connectivity index (χ2n) is 7.85. The standard InChI is InChI=1S/C19H22Cl2N6/c1-26-18(21)16-13(25-26)10-14(15(17(16)20)12-4-7-23-24-12)27-8-5-19(22,6-9-27)11-2-3-11/h4,7,10-11H,2-3,5-6,8-9,22H2,1H3,(H,23,24). The highest BCUT2D eigenvalue weighted by molar-refractivity contribution is 6.44. The monoisotopic (exact) mass is 404 g/mol. The summed E-state index contributed by atoms with van der Waals surface area (Å²) in [5, 5.41) is 13.7. The maximum Gasteiger partial charge on any atom is 0.136 e. The number of anilines is 1. The van der Waals surface area contributed by atoms with Crippen molar-refractivity contribution >= 4 is 39.8 Å². The van der Waals surface area contributed by atoms with Crippen LogP contribution >= 0.6 is 23.2 Å². The van der Waals surface area contributed by atoms with Crippen molar-refractivity contribution in [3.8, 4) is 11.3 Å². The number of halogens is 2. The van der Waals surface area contributed by atoms with Crippen molar-refractivity contribution in [1.82, 2.24) is 20.0 Å². The number of rotatable bonds is 3. The van der Waals surface area contributed by atoms with Crippen LogP contribution in [0.4, 0.5) is 5.69 Å². The number of aromatic nitrogens is 4. The van der Waals surface area contributed by atoms with E-state index in [0.29, 0.717) is 16.1 Å². The van der Waals surface area contributed by atoms with Gasteiger partial charge in [0.25, 0.3) is 0 Å². The minimum Gasteiger partial charge on any atom is -0.371 e. The van der Waals surface area contributed by atoms with Gasteiger partial charge in [-0.15, -0.1) is 0 Å². The summed E-state index contributed by atoms with van der Waals surface area (Å²) in [4.78, 5) is 2.37. The predicted molar refractivity (Wildman–Crippen MR) is 109 cm³/mol. The molecule has 0 bridgehead atoms. The number of nitrogens with one attached hydrogen (secondary N) is 1. The van der Waals surface area contributed by atoms with Gasteiger partial charge in [-0.2, -0.15) is 10.2 Å².